The molecule has 0 amide bonds. The summed E-state index contributed by atoms with van der Waals surface area (Å²) in [6.45, 7) is 3.63. The van der Waals surface area contributed by atoms with E-state index in [1.165, 1.54) is 16.8 Å². The van der Waals surface area contributed by atoms with Crippen molar-refractivity contribution in [2.75, 3.05) is 0 Å². The van der Waals surface area contributed by atoms with Crippen LogP contribution < -0.4 is 0 Å². The van der Waals surface area contributed by atoms with Crippen molar-refractivity contribution in [3.63, 3.8) is 0 Å². The van der Waals surface area contributed by atoms with Crippen LogP contribution in [0.2, 0.25) is 5.15 Å². The molecule has 5 nitrogen and oxygen atoms in total. The molecule has 0 radical (unpaired) electrons. The second-order valence-electron chi connectivity index (χ2n) is 5.55. The lowest BCUT2D eigenvalue weighted by molar-refractivity contribution is 0.0693. The number of hydrogen-bond acceptors (Lipinski definition) is 3. The summed E-state index contributed by atoms with van der Waals surface area (Å²) in [4.78, 5) is 15.5. The van der Waals surface area contributed by atoms with Crippen molar-refractivity contribution in [1.29, 1.82) is 0 Å². The van der Waals surface area contributed by atoms with Crippen molar-refractivity contribution >= 4 is 23.2 Å². The van der Waals surface area contributed by atoms with Gasteiger partial charge in [0.05, 0.1) is 16.8 Å². The Kier molecular flexibility index (Phi) is 3.96. The van der Waals surface area contributed by atoms with E-state index < -0.39 is 17.6 Å². The fraction of sp³-hybridized carbons (Fsp3) is 0.188. The van der Waals surface area contributed by atoms with Gasteiger partial charge in [0.1, 0.15) is 0 Å². The fourth-order valence-electron chi connectivity index (χ4n) is 2.60. The van der Waals surface area contributed by atoms with Gasteiger partial charge in [0.25, 0.3) is 0 Å². The van der Waals surface area contributed by atoms with E-state index in [1.54, 1.807) is 0 Å². The number of nitrogens with zero attached hydrogens (tertiary/aromatic N) is 3. The molecule has 0 spiro atoms. The van der Waals surface area contributed by atoms with Crippen molar-refractivity contribution in [2.24, 2.45) is 0 Å². The molecule has 0 saturated heterocycles. The monoisotopic (exact) mass is 351 g/mol. The van der Waals surface area contributed by atoms with Crippen molar-refractivity contribution in [3.8, 4) is 11.1 Å². The van der Waals surface area contributed by atoms with Crippen LogP contribution in [0, 0.1) is 11.6 Å². The molecule has 3 aromatic rings. The maximum atomic E-state index is 13.5. The summed E-state index contributed by atoms with van der Waals surface area (Å²) in [5, 5.41) is 13.5. The highest BCUT2D eigenvalue weighted by molar-refractivity contribution is 6.33. The van der Waals surface area contributed by atoms with Gasteiger partial charge in [-0.15, -0.1) is 0 Å². The molecule has 1 aromatic carbocycles. The average Bonchev–Trinajstić information content (AvgIpc) is 2.84. The molecule has 3 rings (SSSR count). The van der Waals surface area contributed by atoms with Crippen LogP contribution in [-0.2, 0) is 0 Å². The molecule has 0 bridgehead atoms. The summed E-state index contributed by atoms with van der Waals surface area (Å²) < 4.78 is 28.0. The molecule has 1 N–H and O–H groups in total. The van der Waals surface area contributed by atoms with Gasteiger partial charge in [0, 0.05) is 6.20 Å². The van der Waals surface area contributed by atoms with E-state index in [4.69, 9.17) is 11.6 Å². The number of halogens is 3. The number of rotatable bonds is 3. The smallest absolute Gasteiger partial charge is 0.339 e. The highest BCUT2D eigenvalue weighted by Gasteiger charge is 2.23. The predicted molar refractivity (Wildman–Crippen MR) is 84.4 cm³/mol. The number of carboxylic acids is 1. The third kappa shape index (κ3) is 2.50. The lowest BCUT2D eigenvalue weighted by Crippen LogP contribution is -2.11. The maximum absolute atomic E-state index is 13.5. The molecule has 2 heterocycles. The standard InChI is InChI=1S/C16H12ClF2N3O2/c1-7(2)13-9(16(23)24)6-20-15-12(14(17)21-22(13)15)8-3-4-10(18)11(19)5-8/h3-7H,1-2H3,(H,23,24). The number of aromatic nitrogens is 3. The van der Waals surface area contributed by atoms with E-state index in [-0.39, 0.29) is 22.3 Å². The third-order valence-corrected chi connectivity index (χ3v) is 3.89. The van der Waals surface area contributed by atoms with Gasteiger partial charge in [-0.05, 0) is 23.6 Å². The summed E-state index contributed by atoms with van der Waals surface area (Å²) in [6.07, 6.45) is 1.22. The minimum atomic E-state index is -1.13. The first-order valence-corrected chi connectivity index (χ1v) is 7.45. The first-order chi connectivity index (χ1) is 11.3. The van der Waals surface area contributed by atoms with E-state index in [0.717, 1.165) is 12.1 Å². The Hall–Kier alpha value is -2.54. The number of hydrogen-bond donors (Lipinski definition) is 1. The molecule has 0 saturated carbocycles. The highest BCUT2D eigenvalue weighted by atomic mass is 35.5. The maximum Gasteiger partial charge on any atom is 0.339 e. The largest absolute Gasteiger partial charge is 0.478 e. The van der Waals surface area contributed by atoms with Crippen LogP contribution in [0.15, 0.2) is 24.4 Å². The van der Waals surface area contributed by atoms with Crippen molar-refractivity contribution < 1.29 is 18.7 Å². The Morgan fingerprint density at radius 3 is 2.58 bits per heavy atom. The number of carbonyl (C=O) groups is 1. The van der Waals surface area contributed by atoms with Gasteiger partial charge < -0.3 is 5.11 Å². The van der Waals surface area contributed by atoms with Gasteiger partial charge in [0.2, 0.25) is 0 Å². The summed E-state index contributed by atoms with van der Waals surface area (Å²) in [7, 11) is 0. The molecule has 0 aliphatic rings. The number of fused-ring (bicyclic) bond motifs is 1. The van der Waals surface area contributed by atoms with E-state index >= 15 is 0 Å². The van der Waals surface area contributed by atoms with Crippen LogP contribution in [0.4, 0.5) is 8.78 Å². The van der Waals surface area contributed by atoms with E-state index in [9.17, 15) is 18.7 Å². The second kappa shape index (κ2) is 5.83. The van der Waals surface area contributed by atoms with E-state index in [2.05, 4.69) is 10.1 Å². The zero-order chi connectivity index (χ0) is 17.6. The normalized spacial score (nSPS) is 11.4. The van der Waals surface area contributed by atoms with Crippen molar-refractivity contribution in [1.82, 2.24) is 14.6 Å². The lowest BCUT2D eigenvalue weighted by Gasteiger charge is -2.11. The van der Waals surface area contributed by atoms with Crippen molar-refractivity contribution in [3.05, 3.63) is 52.4 Å². The van der Waals surface area contributed by atoms with E-state index in [1.807, 2.05) is 13.8 Å². The Balaban J connectivity index is 2.35. The molecule has 24 heavy (non-hydrogen) atoms. The summed E-state index contributed by atoms with van der Waals surface area (Å²) in [6, 6.07) is 3.35. The van der Waals surface area contributed by atoms with Gasteiger partial charge in [-0.3, -0.25) is 0 Å². The third-order valence-electron chi connectivity index (χ3n) is 3.62. The van der Waals surface area contributed by atoms with Crippen LogP contribution in [0.1, 0.15) is 35.8 Å². The van der Waals surface area contributed by atoms with E-state index in [0.29, 0.717) is 16.8 Å². The van der Waals surface area contributed by atoms with Crippen LogP contribution in [0.25, 0.3) is 16.8 Å². The zero-order valence-corrected chi connectivity index (χ0v) is 13.5. The average molecular weight is 352 g/mol. The quantitative estimate of drug-likeness (QED) is 0.769. The molecule has 0 aliphatic heterocycles. The lowest BCUT2D eigenvalue weighted by atomic mass is 10.0. The second-order valence-corrected chi connectivity index (χ2v) is 5.91. The zero-order valence-electron chi connectivity index (χ0n) is 12.7. The Morgan fingerprint density at radius 1 is 1.29 bits per heavy atom. The van der Waals surface area contributed by atoms with Crippen LogP contribution in [-0.4, -0.2) is 25.7 Å². The van der Waals surface area contributed by atoms with Gasteiger partial charge in [-0.2, -0.15) is 5.10 Å². The van der Waals surface area contributed by atoms with Gasteiger partial charge in [-0.1, -0.05) is 31.5 Å². The highest BCUT2D eigenvalue weighted by Crippen LogP contribution is 2.33. The van der Waals surface area contributed by atoms with Crippen LogP contribution in [0.3, 0.4) is 0 Å². The Bertz CT molecular complexity index is 970. The molecular weight excluding hydrogens is 340 g/mol. The van der Waals surface area contributed by atoms with Gasteiger partial charge in [-0.25, -0.2) is 23.1 Å². The summed E-state index contributed by atoms with van der Waals surface area (Å²) in [5.41, 5.74) is 1.32. The topological polar surface area (TPSA) is 67.5 Å². The van der Waals surface area contributed by atoms with Crippen LogP contribution >= 0.6 is 11.6 Å². The van der Waals surface area contributed by atoms with Gasteiger partial charge >= 0.3 is 5.97 Å². The first kappa shape index (κ1) is 16.3. The predicted octanol–water partition coefficient (Wildman–Crippen LogP) is 4.15. The minimum absolute atomic E-state index is 0.00787. The number of benzene rings is 1. The molecule has 8 heteroatoms. The molecule has 0 unspecified atom stereocenters. The Morgan fingerprint density at radius 2 is 2.00 bits per heavy atom. The summed E-state index contributed by atoms with van der Waals surface area (Å²) in [5.74, 6) is -3.30. The fourth-order valence-corrected chi connectivity index (χ4v) is 2.87. The molecular formula is C16H12ClF2N3O2. The summed E-state index contributed by atoms with van der Waals surface area (Å²) >= 11 is 6.17. The molecule has 2 aromatic heterocycles. The van der Waals surface area contributed by atoms with Crippen molar-refractivity contribution in [2.45, 2.75) is 19.8 Å². The number of carboxylic acid groups (broad SMARTS) is 1. The van der Waals surface area contributed by atoms with Crippen LogP contribution in [0.5, 0.6) is 0 Å². The molecule has 0 fully saturated rings. The van der Waals surface area contributed by atoms with Gasteiger partial charge in [0.15, 0.2) is 22.4 Å². The minimum Gasteiger partial charge on any atom is -0.478 e. The first-order valence-electron chi connectivity index (χ1n) is 7.07. The SMILES string of the molecule is CC(C)c1c(C(=O)O)cnc2c(-c3ccc(F)c(F)c3)c(Cl)nn12. The molecule has 0 aliphatic carbocycles. The molecule has 0 atom stereocenters. The Labute approximate surface area is 140 Å². The molecule has 124 valence electrons. The number of aromatic carboxylic acids is 1.